The number of halogens is 8. The van der Waals surface area contributed by atoms with Crippen molar-refractivity contribution < 1.29 is 40.3 Å². The third-order valence-corrected chi connectivity index (χ3v) is 5.09. The van der Waals surface area contributed by atoms with Gasteiger partial charge in [-0.15, -0.1) is 0 Å². The van der Waals surface area contributed by atoms with Gasteiger partial charge in [-0.2, -0.15) is 13.2 Å². The van der Waals surface area contributed by atoms with Crippen LogP contribution in [0.5, 0.6) is 0 Å². The van der Waals surface area contributed by atoms with Gasteiger partial charge in [0.15, 0.2) is 23.3 Å². The lowest BCUT2D eigenvalue weighted by Gasteiger charge is -2.11. The summed E-state index contributed by atoms with van der Waals surface area (Å²) in [5.74, 6) is -10.2. The number of benzene rings is 1. The Morgan fingerprint density at radius 1 is 1.11 bits per heavy atom. The minimum absolute atomic E-state index is 0.578. The molecule has 1 aliphatic rings. The van der Waals surface area contributed by atoms with Gasteiger partial charge in [-0.1, -0.05) is 31.5 Å². The first-order chi connectivity index (χ1) is 12.2. The molecule has 0 amide bonds. The Morgan fingerprint density at radius 2 is 1.63 bits per heavy atom. The monoisotopic (exact) mass is 418 g/mol. The van der Waals surface area contributed by atoms with Crippen molar-refractivity contribution in [3.05, 3.63) is 45.5 Å². The van der Waals surface area contributed by atoms with Crippen LogP contribution in [0.4, 0.5) is 30.7 Å². The standard InChI is InChI=1S/C17H14ClF7O2/c1-6-7(12(20)14(22)13(21)11(6)19)5-27-15(26)10-8(16(10,2)3)4-9(18)17(23,24)25/h4,8,10H,5H2,1-3H3. The van der Waals surface area contributed by atoms with E-state index in [-0.39, 0.29) is 0 Å². The number of hydrogen-bond acceptors (Lipinski definition) is 2. The quantitative estimate of drug-likeness (QED) is 0.277. The van der Waals surface area contributed by atoms with Gasteiger partial charge in [0.2, 0.25) is 0 Å². The van der Waals surface area contributed by atoms with E-state index in [4.69, 9.17) is 16.3 Å². The Morgan fingerprint density at radius 3 is 2.15 bits per heavy atom. The van der Waals surface area contributed by atoms with Crippen LogP contribution in [0.15, 0.2) is 11.1 Å². The van der Waals surface area contributed by atoms with Gasteiger partial charge < -0.3 is 4.74 Å². The summed E-state index contributed by atoms with van der Waals surface area (Å²) in [6.45, 7) is 3.08. The van der Waals surface area contributed by atoms with E-state index in [1.165, 1.54) is 13.8 Å². The topological polar surface area (TPSA) is 26.3 Å². The van der Waals surface area contributed by atoms with Crippen LogP contribution in [0.1, 0.15) is 25.0 Å². The summed E-state index contributed by atoms with van der Waals surface area (Å²) in [6, 6.07) is 0. The maximum atomic E-state index is 13.8. The number of carbonyl (C=O) groups is 1. The molecule has 0 heterocycles. The van der Waals surface area contributed by atoms with Gasteiger partial charge in [-0.3, -0.25) is 4.79 Å². The van der Waals surface area contributed by atoms with Crippen molar-refractivity contribution in [1.82, 2.24) is 0 Å². The number of allylic oxidation sites excluding steroid dienone is 2. The molecule has 1 saturated carbocycles. The maximum absolute atomic E-state index is 13.8. The van der Waals surface area contributed by atoms with Gasteiger partial charge in [0.25, 0.3) is 0 Å². The molecule has 0 saturated heterocycles. The highest BCUT2D eigenvalue weighted by Gasteiger charge is 2.62. The highest BCUT2D eigenvalue weighted by atomic mass is 35.5. The van der Waals surface area contributed by atoms with Crippen LogP contribution in [-0.2, 0) is 16.1 Å². The van der Waals surface area contributed by atoms with Crippen LogP contribution in [0.25, 0.3) is 0 Å². The highest BCUT2D eigenvalue weighted by Crippen LogP contribution is 2.60. The Hall–Kier alpha value is -1.77. The predicted molar refractivity (Wildman–Crippen MR) is 81.6 cm³/mol. The molecule has 2 nitrogen and oxygen atoms in total. The molecular weight excluding hydrogens is 405 g/mol. The number of carbonyl (C=O) groups excluding carboxylic acids is 1. The van der Waals surface area contributed by atoms with Crippen LogP contribution in [-0.4, -0.2) is 12.1 Å². The van der Waals surface area contributed by atoms with Crippen LogP contribution >= 0.6 is 11.6 Å². The second-order valence-electron chi connectivity index (χ2n) is 6.80. The summed E-state index contributed by atoms with van der Waals surface area (Å²) in [5, 5.41) is -1.39. The molecule has 2 atom stereocenters. The molecule has 0 aliphatic heterocycles. The molecule has 150 valence electrons. The molecule has 2 unspecified atom stereocenters. The number of esters is 1. The Labute approximate surface area is 154 Å². The highest BCUT2D eigenvalue weighted by molar-refractivity contribution is 6.30. The molecule has 0 bridgehead atoms. The lowest BCUT2D eigenvalue weighted by atomic mass is 10.1. The molecule has 1 aromatic carbocycles. The normalized spacial score (nSPS) is 22.0. The molecule has 0 radical (unpaired) electrons. The summed E-state index contributed by atoms with van der Waals surface area (Å²) >= 11 is 5.17. The lowest BCUT2D eigenvalue weighted by molar-refractivity contribution is -0.147. The molecule has 0 N–H and O–H groups in total. The van der Waals surface area contributed by atoms with E-state index < -0.39 is 75.4 Å². The van der Waals surface area contributed by atoms with Crippen molar-refractivity contribution in [3.63, 3.8) is 0 Å². The van der Waals surface area contributed by atoms with Crippen LogP contribution in [0.3, 0.4) is 0 Å². The van der Waals surface area contributed by atoms with Crippen molar-refractivity contribution in [3.8, 4) is 0 Å². The van der Waals surface area contributed by atoms with Crippen molar-refractivity contribution in [2.24, 2.45) is 17.3 Å². The second-order valence-corrected chi connectivity index (χ2v) is 7.21. The van der Waals surface area contributed by atoms with Crippen LogP contribution in [0.2, 0.25) is 0 Å². The van der Waals surface area contributed by atoms with Gasteiger partial charge in [-0.05, 0) is 23.8 Å². The van der Waals surface area contributed by atoms with Gasteiger partial charge in [0.05, 0.1) is 5.92 Å². The Bertz CT molecular complexity index is 785. The van der Waals surface area contributed by atoms with Crippen molar-refractivity contribution in [2.45, 2.75) is 33.6 Å². The molecule has 0 aromatic heterocycles. The third-order valence-electron chi connectivity index (χ3n) is 4.75. The largest absolute Gasteiger partial charge is 0.460 e. The number of alkyl halides is 3. The third kappa shape index (κ3) is 3.93. The van der Waals surface area contributed by atoms with E-state index in [1.54, 1.807) is 0 Å². The molecule has 1 aromatic rings. The van der Waals surface area contributed by atoms with Gasteiger partial charge in [0, 0.05) is 5.56 Å². The number of hydrogen-bond donors (Lipinski definition) is 0. The molecule has 1 aliphatic carbocycles. The minimum atomic E-state index is -4.77. The Kier molecular flexibility index (Phi) is 5.58. The molecule has 27 heavy (non-hydrogen) atoms. The molecule has 1 fully saturated rings. The minimum Gasteiger partial charge on any atom is -0.460 e. The first-order valence-electron chi connectivity index (χ1n) is 7.63. The van der Waals surface area contributed by atoms with E-state index in [1.807, 2.05) is 0 Å². The maximum Gasteiger partial charge on any atom is 0.426 e. The van der Waals surface area contributed by atoms with Crippen LogP contribution in [0, 0.1) is 47.4 Å². The number of ether oxygens (including phenoxy) is 1. The zero-order valence-electron chi connectivity index (χ0n) is 14.3. The predicted octanol–water partition coefficient (Wildman–Crippen LogP) is 5.55. The fourth-order valence-electron chi connectivity index (χ4n) is 2.88. The second kappa shape index (κ2) is 7.00. The first kappa shape index (κ1) is 21.5. The zero-order chi connectivity index (χ0) is 20.9. The average molecular weight is 419 g/mol. The summed E-state index contributed by atoms with van der Waals surface area (Å²) in [4.78, 5) is 12.1. The van der Waals surface area contributed by atoms with E-state index in [2.05, 4.69) is 0 Å². The molecule has 0 spiro atoms. The summed E-state index contributed by atoms with van der Waals surface area (Å²) in [5.41, 5.74) is -2.18. The van der Waals surface area contributed by atoms with E-state index >= 15 is 0 Å². The summed E-state index contributed by atoms with van der Waals surface area (Å²) in [7, 11) is 0. The van der Waals surface area contributed by atoms with Crippen molar-refractivity contribution in [1.29, 1.82) is 0 Å². The molecule has 10 heteroatoms. The zero-order valence-corrected chi connectivity index (χ0v) is 15.0. The van der Waals surface area contributed by atoms with Gasteiger partial charge >= 0.3 is 12.1 Å². The van der Waals surface area contributed by atoms with Crippen molar-refractivity contribution in [2.75, 3.05) is 0 Å². The van der Waals surface area contributed by atoms with Crippen molar-refractivity contribution >= 4 is 17.6 Å². The molecular formula is C17H14ClF7O2. The smallest absolute Gasteiger partial charge is 0.426 e. The fraction of sp³-hybridized carbons (Fsp3) is 0.471. The van der Waals surface area contributed by atoms with Gasteiger partial charge in [0.1, 0.15) is 11.6 Å². The van der Waals surface area contributed by atoms with E-state index in [9.17, 15) is 35.5 Å². The first-order valence-corrected chi connectivity index (χ1v) is 8.01. The summed E-state index contributed by atoms with van der Waals surface area (Å²) < 4.78 is 96.1. The number of rotatable bonds is 4. The lowest BCUT2D eigenvalue weighted by Crippen LogP contribution is -2.14. The van der Waals surface area contributed by atoms with E-state index in [0.717, 1.165) is 6.92 Å². The van der Waals surface area contributed by atoms with Gasteiger partial charge in [-0.25, -0.2) is 17.6 Å². The van der Waals surface area contributed by atoms with E-state index in [0.29, 0.717) is 6.08 Å². The molecule has 2 rings (SSSR count). The average Bonchev–Trinajstić information content (AvgIpc) is 3.10. The van der Waals surface area contributed by atoms with Crippen LogP contribution < -0.4 is 0 Å². The summed E-state index contributed by atoms with van der Waals surface area (Å²) in [6.07, 6.45) is -4.07. The SMILES string of the molecule is Cc1c(F)c(F)c(F)c(F)c1COC(=O)C1C(C=C(Cl)C(F)(F)F)C1(C)C. The Balaban J connectivity index is 2.16. The fourth-order valence-corrected chi connectivity index (χ4v) is 3.02.